The predicted octanol–water partition coefficient (Wildman–Crippen LogP) is -0.144. The van der Waals surface area contributed by atoms with Crippen LogP contribution in [-0.4, -0.2) is 67.8 Å². The summed E-state index contributed by atoms with van der Waals surface area (Å²) >= 11 is 0. The second-order valence-corrected chi connectivity index (χ2v) is 8.10. The first kappa shape index (κ1) is 15.9. The first-order chi connectivity index (χ1) is 8.26. The van der Waals surface area contributed by atoms with E-state index in [1.54, 1.807) is 0 Å². The van der Waals surface area contributed by atoms with E-state index in [1.807, 2.05) is 20.8 Å². The van der Waals surface area contributed by atoms with Crippen molar-refractivity contribution in [1.82, 2.24) is 10.2 Å². The molecular weight excluding hydrogens is 252 g/mol. The number of aliphatic hydroxyl groups is 1. The quantitative estimate of drug-likeness (QED) is 0.732. The van der Waals surface area contributed by atoms with Crippen molar-refractivity contribution in [1.29, 1.82) is 0 Å². The van der Waals surface area contributed by atoms with Gasteiger partial charge in [-0.2, -0.15) is 0 Å². The lowest BCUT2D eigenvalue weighted by Gasteiger charge is -2.36. The summed E-state index contributed by atoms with van der Waals surface area (Å²) < 4.78 is 23.1. The molecule has 1 atom stereocenters. The molecule has 1 unspecified atom stereocenters. The Bertz CT molecular complexity index is 356. The maximum absolute atomic E-state index is 11.5. The molecule has 1 aliphatic heterocycles. The van der Waals surface area contributed by atoms with Gasteiger partial charge in [-0.1, -0.05) is 13.8 Å². The van der Waals surface area contributed by atoms with Gasteiger partial charge in [0.25, 0.3) is 0 Å². The van der Waals surface area contributed by atoms with Crippen LogP contribution in [0.15, 0.2) is 0 Å². The fourth-order valence-corrected chi connectivity index (χ4v) is 3.79. The van der Waals surface area contributed by atoms with Gasteiger partial charge in [-0.15, -0.1) is 0 Å². The van der Waals surface area contributed by atoms with Crippen molar-refractivity contribution < 1.29 is 13.5 Å². The van der Waals surface area contributed by atoms with Gasteiger partial charge in [0.05, 0.1) is 23.7 Å². The Morgan fingerprint density at radius 3 is 2.56 bits per heavy atom. The van der Waals surface area contributed by atoms with Crippen molar-refractivity contribution in [3.05, 3.63) is 0 Å². The maximum atomic E-state index is 11.5. The molecule has 1 heterocycles. The van der Waals surface area contributed by atoms with E-state index in [1.165, 1.54) is 0 Å². The highest BCUT2D eigenvalue weighted by atomic mass is 32.2. The number of hydrogen-bond donors (Lipinski definition) is 2. The van der Waals surface area contributed by atoms with Crippen LogP contribution in [0, 0.1) is 0 Å². The van der Waals surface area contributed by atoms with E-state index >= 15 is 0 Å². The molecule has 0 aromatic heterocycles. The number of aliphatic hydroxyl groups excluding tert-OH is 1. The summed E-state index contributed by atoms with van der Waals surface area (Å²) in [7, 11) is -2.86. The fourth-order valence-electron chi connectivity index (χ4n) is 2.48. The van der Waals surface area contributed by atoms with Crippen LogP contribution in [0.5, 0.6) is 0 Å². The third-order valence-corrected chi connectivity index (χ3v) is 4.92. The van der Waals surface area contributed by atoms with E-state index in [2.05, 4.69) is 10.2 Å². The first-order valence-electron chi connectivity index (χ1n) is 6.58. The molecule has 0 bridgehead atoms. The molecule has 1 aliphatic rings. The first-order valence-corrected chi connectivity index (χ1v) is 8.40. The predicted molar refractivity (Wildman–Crippen MR) is 73.5 cm³/mol. The van der Waals surface area contributed by atoms with Crippen LogP contribution in [0.3, 0.4) is 0 Å². The van der Waals surface area contributed by atoms with E-state index in [9.17, 15) is 13.5 Å². The van der Waals surface area contributed by atoms with Crippen molar-refractivity contribution in [3.63, 3.8) is 0 Å². The molecule has 0 radical (unpaired) electrons. The second kappa shape index (κ2) is 6.32. The Labute approximate surface area is 110 Å². The van der Waals surface area contributed by atoms with Gasteiger partial charge in [-0.3, -0.25) is 0 Å². The van der Waals surface area contributed by atoms with E-state index in [0.717, 1.165) is 6.54 Å². The Kier molecular flexibility index (Phi) is 5.58. The maximum Gasteiger partial charge on any atom is 0.151 e. The van der Waals surface area contributed by atoms with Gasteiger partial charge in [-0.25, -0.2) is 8.42 Å². The highest BCUT2D eigenvalue weighted by molar-refractivity contribution is 7.91. The van der Waals surface area contributed by atoms with Crippen molar-refractivity contribution in [2.75, 3.05) is 37.7 Å². The van der Waals surface area contributed by atoms with Gasteiger partial charge in [0, 0.05) is 19.1 Å². The minimum atomic E-state index is -2.86. The van der Waals surface area contributed by atoms with E-state index in [0.29, 0.717) is 19.5 Å². The van der Waals surface area contributed by atoms with E-state index in [4.69, 9.17) is 0 Å². The normalized spacial score (nSPS) is 24.7. The zero-order valence-corrected chi connectivity index (χ0v) is 12.5. The van der Waals surface area contributed by atoms with E-state index < -0.39 is 9.84 Å². The SMILES string of the molecule is CC(C)NC(C)(CO)CN1CCCS(=O)(=O)CC1. The lowest BCUT2D eigenvalue weighted by atomic mass is 10.0. The van der Waals surface area contributed by atoms with E-state index in [-0.39, 0.29) is 29.7 Å². The Morgan fingerprint density at radius 2 is 2.00 bits per heavy atom. The number of nitrogens with one attached hydrogen (secondary N) is 1. The summed E-state index contributed by atoms with van der Waals surface area (Å²) in [4.78, 5) is 2.14. The Morgan fingerprint density at radius 1 is 1.33 bits per heavy atom. The lowest BCUT2D eigenvalue weighted by Crippen LogP contribution is -2.56. The summed E-state index contributed by atoms with van der Waals surface area (Å²) in [6, 6.07) is 0.290. The molecule has 0 aromatic rings. The monoisotopic (exact) mass is 278 g/mol. The van der Waals surface area contributed by atoms with Gasteiger partial charge in [0.1, 0.15) is 0 Å². The fraction of sp³-hybridized carbons (Fsp3) is 1.00. The number of rotatable bonds is 5. The standard InChI is InChI=1S/C12H26N2O3S/c1-11(2)13-12(3,10-15)9-14-5-4-7-18(16,17)8-6-14/h11,13,15H,4-10H2,1-3H3. The van der Waals surface area contributed by atoms with Crippen LogP contribution < -0.4 is 5.32 Å². The molecule has 2 N–H and O–H groups in total. The molecule has 0 amide bonds. The number of hydrogen-bond acceptors (Lipinski definition) is 5. The van der Waals surface area contributed by atoms with Crippen molar-refractivity contribution in [3.8, 4) is 0 Å². The van der Waals surface area contributed by atoms with Crippen LogP contribution in [0.2, 0.25) is 0 Å². The Hall–Kier alpha value is -0.170. The van der Waals surface area contributed by atoms with Crippen LogP contribution >= 0.6 is 0 Å². The number of sulfone groups is 1. The number of nitrogens with zero attached hydrogens (tertiary/aromatic N) is 1. The summed E-state index contributed by atoms with van der Waals surface area (Å²) in [6.07, 6.45) is 0.686. The third kappa shape index (κ3) is 5.22. The summed E-state index contributed by atoms with van der Waals surface area (Å²) in [5.74, 6) is 0.521. The minimum Gasteiger partial charge on any atom is -0.394 e. The molecule has 18 heavy (non-hydrogen) atoms. The highest BCUT2D eigenvalue weighted by Gasteiger charge is 2.28. The van der Waals surface area contributed by atoms with Crippen LogP contribution in [0.25, 0.3) is 0 Å². The second-order valence-electron chi connectivity index (χ2n) is 5.80. The van der Waals surface area contributed by atoms with Gasteiger partial charge in [0.2, 0.25) is 0 Å². The molecule has 0 spiro atoms. The van der Waals surface area contributed by atoms with Gasteiger partial charge < -0.3 is 15.3 Å². The van der Waals surface area contributed by atoms with Crippen LogP contribution in [0.1, 0.15) is 27.2 Å². The van der Waals surface area contributed by atoms with Crippen LogP contribution in [0.4, 0.5) is 0 Å². The molecule has 0 saturated carbocycles. The van der Waals surface area contributed by atoms with Gasteiger partial charge in [0.15, 0.2) is 9.84 Å². The highest BCUT2D eigenvalue weighted by Crippen LogP contribution is 2.11. The lowest BCUT2D eigenvalue weighted by molar-refractivity contribution is 0.117. The molecule has 6 heteroatoms. The topological polar surface area (TPSA) is 69.6 Å². The van der Waals surface area contributed by atoms with Crippen molar-refractivity contribution >= 4 is 9.84 Å². The van der Waals surface area contributed by atoms with Gasteiger partial charge in [-0.05, 0) is 19.9 Å². The smallest absolute Gasteiger partial charge is 0.151 e. The van der Waals surface area contributed by atoms with Crippen molar-refractivity contribution in [2.45, 2.75) is 38.8 Å². The molecular formula is C12H26N2O3S. The summed E-state index contributed by atoms with van der Waals surface area (Å²) in [5, 5.41) is 12.9. The summed E-state index contributed by atoms with van der Waals surface area (Å²) in [6.45, 7) is 8.14. The van der Waals surface area contributed by atoms with Gasteiger partial charge >= 0.3 is 0 Å². The summed E-state index contributed by atoms with van der Waals surface area (Å²) in [5.41, 5.74) is -0.373. The minimum absolute atomic E-state index is 0.0500. The third-order valence-electron chi connectivity index (χ3n) is 3.21. The molecule has 0 aromatic carbocycles. The zero-order valence-electron chi connectivity index (χ0n) is 11.6. The van der Waals surface area contributed by atoms with Crippen molar-refractivity contribution in [2.24, 2.45) is 0 Å². The molecule has 1 saturated heterocycles. The molecule has 5 nitrogen and oxygen atoms in total. The average molecular weight is 278 g/mol. The molecule has 1 rings (SSSR count). The zero-order chi connectivity index (χ0) is 13.8. The molecule has 0 aliphatic carbocycles. The average Bonchev–Trinajstić information content (AvgIpc) is 2.39. The largest absolute Gasteiger partial charge is 0.394 e. The Balaban J connectivity index is 2.59. The molecule has 108 valence electrons. The molecule has 1 fully saturated rings. The van der Waals surface area contributed by atoms with Crippen LogP contribution in [-0.2, 0) is 9.84 Å².